The maximum Gasteiger partial charge on any atom is 0.257 e. The standard InChI is InChI=1S/C20H24N2O5/c1-25-16-3-4-17(18(11-16)26-2)19(23)21-12-14-5-8-22(9-6-14)20(24)15-7-10-27-13-15/h3-4,7,10-11,13-14H,5-6,8-9,12H2,1-2H3,(H,21,23). The minimum Gasteiger partial charge on any atom is -0.497 e. The summed E-state index contributed by atoms with van der Waals surface area (Å²) >= 11 is 0. The number of carbonyl (C=O) groups excluding carboxylic acids is 2. The smallest absolute Gasteiger partial charge is 0.257 e. The van der Waals surface area contributed by atoms with Gasteiger partial charge in [0.25, 0.3) is 11.8 Å². The number of rotatable bonds is 6. The fourth-order valence-corrected chi connectivity index (χ4v) is 3.23. The van der Waals surface area contributed by atoms with Crippen molar-refractivity contribution in [2.75, 3.05) is 33.9 Å². The third-order valence-corrected chi connectivity index (χ3v) is 4.87. The number of amides is 2. The Kier molecular flexibility index (Phi) is 6.01. The molecule has 1 aliphatic heterocycles. The third-order valence-electron chi connectivity index (χ3n) is 4.87. The zero-order valence-electron chi connectivity index (χ0n) is 15.6. The number of nitrogens with zero attached hydrogens (tertiary/aromatic N) is 1. The van der Waals surface area contributed by atoms with E-state index in [2.05, 4.69) is 5.32 Å². The number of furan rings is 1. The molecule has 0 radical (unpaired) electrons. The molecule has 0 atom stereocenters. The van der Waals surface area contributed by atoms with Gasteiger partial charge in [-0.2, -0.15) is 0 Å². The Labute approximate surface area is 158 Å². The minimum absolute atomic E-state index is 0.00537. The van der Waals surface area contributed by atoms with Gasteiger partial charge in [0.05, 0.1) is 31.6 Å². The number of methoxy groups -OCH3 is 2. The summed E-state index contributed by atoms with van der Waals surface area (Å²) in [5, 5.41) is 2.97. The molecule has 1 aliphatic rings. The average Bonchev–Trinajstić information content (AvgIpc) is 3.26. The number of piperidine rings is 1. The van der Waals surface area contributed by atoms with Crippen LogP contribution in [-0.2, 0) is 0 Å². The lowest BCUT2D eigenvalue weighted by Gasteiger charge is -2.31. The molecular formula is C20H24N2O5. The first kappa shape index (κ1) is 18.8. The Hall–Kier alpha value is -2.96. The quantitative estimate of drug-likeness (QED) is 0.843. The van der Waals surface area contributed by atoms with E-state index in [9.17, 15) is 9.59 Å². The Balaban J connectivity index is 1.50. The van der Waals surface area contributed by atoms with E-state index in [1.165, 1.54) is 19.6 Å². The summed E-state index contributed by atoms with van der Waals surface area (Å²) in [5.74, 6) is 1.28. The van der Waals surface area contributed by atoms with Gasteiger partial charge in [-0.1, -0.05) is 0 Å². The molecule has 0 saturated carbocycles. The molecule has 2 amide bonds. The normalized spacial score (nSPS) is 14.7. The summed E-state index contributed by atoms with van der Waals surface area (Å²) in [6.45, 7) is 1.93. The molecule has 0 unspecified atom stereocenters. The van der Waals surface area contributed by atoms with Gasteiger partial charge in [-0.3, -0.25) is 9.59 Å². The SMILES string of the molecule is COc1ccc(C(=O)NCC2CCN(C(=O)c3ccoc3)CC2)c(OC)c1. The molecule has 144 valence electrons. The Morgan fingerprint density at radius 2 is 1.96 bits per heavy atom. The fraction of sp³-hybridized carbons (Fsp3) is 0.400. The summed E-state index contributed by atoms with van der Waals surface area (Å²) in [6, 6.07) is 6.79. The fourth-order valence-electron chi connectivity index (χ4n) is 3.23. The lowest BCUT2D eigenvalue weighted by molar-refractivity contribution is 0.0683. The molecule has 27 heavy (non-hydrogen) atoms. The topological polar surface area (TPSA) is 81.0 Å². The van der Waals surface area contributed by atoms with Gasteiger partial charge in [-0.05, 0) is 37.0 Å². The van der Waals surface area contributed by atoms with Crippen LogP contribution in [0.25, 0.3) is 0 Å². The van der Waals surface area contributed by atoms with Crippen LogP contribution < -0.4 is 14.8 Å². The molecule has 1 saturated heterocycles. The monoisotopic (exact) mass is 372 g/mol. The van der Waals surface area contributed by atoms with Gasteiger partial charge in [0.2, 0.25) is 0 Å². The summed E-state index contributed by atoms with van der Waals surface area (Å²) in [4.78, 5) is 26.6. The van der Waals surface area contributed by atoms with Gasteiger partial charge in [-0.15, -0.1) is 0 Å². The highest BCUT2D eigenvalue weighted by Gasteiger charge is 2.25. The van der Waals surface area contributed by atoms with Crippen LogP contribution in [0.3, 0.4) is 0 Å². The van der Waals surface area contributed by atoms with Crippen molar-refractivity contribution in [3.63, 3.8) is 0 Å². The highest BCUT2D eigenvalue weighted by Crippen LogP contribution is 2.25. The van der Waals surface area contributed by atoms with Crippen LogP contribution in [0.5, 0.6) is 11.5 Å². The van der Waals surface area contributed by atoms with Crippen LogP contribution in [0, 0.1) is 5.92 Å². The van der Waals surface area contributed by atoms with Crippen molar-refractivity contribution in [1.29, 1.82) is 0 Å². The van der Waals surface area contributed by atoms with Gasteiger partial charge in [-0.25, -0.2) is 0 Å². The molecule has 7 heteroatoms. The molecule has 2 aromatic rings. The van der Waals surface area contributed by atoms with Crippen LogP contribution in [0.1, 0.15) is 33.6 Å². The molecule has 0 bridgehead atoms. The van der Waals surface area contributed by atoms with Gasteiger partial charge in [0.15, 0.2) is 0 Å². The molecule has 2 heterocycles. The van der Waals surface area contributed by atoms with Crippen LogP contribution in [0.2, 0.25) is 0 Å². The van der Waals surface area contributed by atoms with Gasteiger partial charge >= 0.3 is 0 Å². The third kappa shape index (κ3) is 4.42. The number of hydrogen-bond acceptors (Lipinski definition) is 5. The maximum absolute atomic E-state index is 12.5. The van der Waals surface area contributed by atoms with E-state index in [1.807, 2.05) is 4.90 Å². The van der Waals surface area contributed by atoms with Crippen LogP contribution in [0.15, 0.2) is 41.2 Å². The molecule has 0 spiro atoms. The summed E-state index contributed by atoms with van der Waals surface area (Å²) in [5.41, 5.74) is 1.05. The minimum atomic E-state index is -0.175. The summed E-state index contributed by atoms with van der Waals surface area (Å²) in [6.07, 6.45) is 4.67. The van der Waals surface area contributed by atoms with E-state index in [4.69, 9.17) is 13.9 Å². The molecule has 1 aromatic carbocycles. The lowest BCUT2D eigenvalue weighted by Crippen LogP contribution is -2.41. The molecule has 7 nitrogen and oxygen atoms in total. The van der Waals surface area contributed by atoms with Gasteiger partial charge in [0, 0.05) is 25.7 Å². The van der Waals surface area contributed by atoms with E-state index in [1.54, 1.807) is 31.4 Å². The Morgan fingerprint density at radius 1 is 1.19 bits per heavy atom. The van der Waals surface area contributed by atoms with Crippen molar-refractivity contribution < 1.29 is 23.5 Å². The van der Waals surface area contributed by atoms with Gasteiger partial charge in [0.1, 0.15) is 17.8 Å². The molecule has 1 aromatic heterocycles. The number of benzene rings is 1. The average molecular weight is 372 g/mol. The largest absolute Gasteiger partial charge is 0.497 e. The Morgan fingerprint density at radius 3 is 2.59 bits per heavy atom. The van der Waals surface area contributed by atoms with E-state index in [-0.39, 0.29) is 11.8 Å². The van der Waals surface area contributed by atoms with E-state index < -0.39 is 0 Å². The van der Waals surface area contributed by atoms with Crippen molar-refractivity contribution >= 4 is 11.8 Å². The predicted molar refractivity (Wildman–Crippen MR) is 99.2 cm³/mol. The highest BCUT2D eigenvalue weighted by molar-refractivity contribution is 5.97. The maximum atomic E-state index is 12.5. The van der Waals surface area contributed by atoms with E-state index in [0.717, 1.165) is 12.8 Å². The number of ether oxygens (including phenoxy) is 2. The first-order valence-electron chi connectivity index (χ1n) is 8.94. The van der Waals surface area contributed by atoms with Crippen molar-refractivity contribution in [3.05, 3.63) is 47.9 Å². The zero-order chi connectivity index (χ0) is 19.2. The lowest BCUT2D eigenvalue weighted by atomic mass is 9.96. The van der Waals surface area contributed by atoms with Crippen molar-refractivity contribution in [2.24, 2.45) is 5.92 Å². The second kappa shape index (κ2) is 8.62. The first-order valence-corrected chi connectivity index (χ1v) is 8.94. The van der Waals surface area contributed by atoms with Crippen molar-refractivity contribution in [1.82, 2.24) is 10.2 Å². The zero-order valence-corrected chi connectivity index (χ0v) is 15.6. The molecule has 0 aliphatic carbocycles. The van der Waals surface area contributed by atoms with Gasteiger partial charge < -0.3 is 24.1 Å². The predicted octanol–water partition coefficient (Wildman–Crippen LogP) is 2.58. The van der Waals surface area contributed by atoms with E-state index in [0.29, 0.717) is 48.2 Å². The number of carbonyl (C=O) groups is 2. The van der Waals surface area contributed by atoms with Crippen LogP contribution in [-0.4, -0.2) is 50.6 Å². The number of nitrogens with one attached hydrogen (secondary N) is 1. The second-order valence-electron chi connectivity index (χ2n) is 6.52. The van der Waals surface area contributed by atoms with Crippen LogP contribution >= 0.6 is 0 Å². The number of hydrogen-bond donors (Lipinski definition) is 1. The first-order chi connectivity index (χ1) is 13.1. The molecule has 1 N–H and O–H groups in total. The molecular weight excluding hydrogens is 348 g/mol. The summed E-state index contributed by atoms with van der Waals surface area (Å²) in [7, 11) is 3.09. The highest BCUT2D eigenvalue weighted by atomic mass is 16.5. The Bertz CT molecular complexity index is 780. The summed E-state index contributed by atoms with van der Waals surface area (Å²) < 4.78 is 15.4. The van der Waals surface area contributed by atoms with Crippen LogP contribution in [0.4, 0.5) is 0 Å². The molecule has 3 rings (SSSR count). The molecule has 1 fully saturated rings. The number of likely N-dealkylation sites (tertiary alicyclic amines) is 1. The second-order valence-corrected chi connectivity index (χ2v) is 6.52. The van der Waals surface area contributed by atoms with Crippen molar-refractivity contribution in [2.45, 2.75) is 12.8 Å². The van der Waals surface area contributed by atoms with E-state index >= 15 is 0 Å². The van der Waals surface area contributed by atoms with Crippen molar-refractivity contribution in [3.8, 4) is 11.5 Å².